The first-order valence-corrected chi connectivity index (χ1v) is 11.3. The van der Waals surface area contributed by atoms with E-state index in [0.717, 1.165) is 16.2 Å². The van der Waals surface area contributed by atoms with Crippen molar-refractivity contribution in [1.82, 2.24) is 9.91 Å². The zero-order valence-corrected chi connectivity index (χ0v) is 19.0. The van der Waals surface area contributed by atoms with Gasteiger partial charge in [0.25, 0.3) is 11.8 Å². The average molecular weight is 472 g/mol. The van der Waals surface area contributed by atoms with Crippen LogP contribution in [0.3, 0.4) is 0 Å². The van der Waals surface area contributed by atoms with E-state index in [1.807, 2.05) is 29.6 Å². The summed E-state index contributed by atoms with van der Waals surface area (Å²) >= 11 is 7.63. The van der Waals surface area contributed by atoms with Crippen LogP contribution in [-0.4, -0.2) is 54.2 Å². The summed E-state index contributed by atoms with van der Waals surface area (Å²) in [5.41, 5.74) is 1.77. The Labute approximate surface area is 194 Å². The second-order valence-corrected chi connectivity index (χ2v) is 8.61. The molecule has 0 spiro atoms. The predicted octanol–water partition coefficient (Wildman–Crippen LogP) is 4.46. The zero-order chi connectivity index (χ0) is 22.5. The number of halogens is 1. The Morgan fingerprint density at radius 2 is 2.06 bits per heavy atom. The third-order valence-corrected chi connectivity index (χ3v) is 6.31. The van der Waals surface area contributed by atoms with Gasteiger partial charge in [-0.05, 0) is 41.3 Å². The van der Waals surface area contributed by atoms with E-state index in [2.05, 4.69) is 5.10 Å². The van der Waals surface area contributed by atoms with Gasteiger partial charge in [0.05, 0.1) is 29.5 Å². The smallest absolute Gasteiger partial charge is 0.290 e. The number of rotatable bonds is 8. The second-order valence-electron chi connectivity index (χ2n) is 7.23. The van der Waals surface area contributed by atoms with Gasteiger partial charge in [0.2, 0.25) is 0 Å². The molecule has 0 saturated carbocycles. The maximum absolute atomic E-state index is 13.4. The summed E-state index contributed by atoms with van der Waals surface area (Å²) in [5.74, 6) is -0.482. The van der Waals surface area contributed by atoms with Crippen molar-refractivity contribution in [3.8, 4) is 0 Å². The highest BCUT2D eigenvalue weighted by atomic mass is 35.5. The van der Waals surface area contributed by atoms with Crippen LogP contribution >= 0.6 is 22.9 Å². The van der Waals surface area contributed by atoms with E-state index >= 15 is 0 Å². The number of hydrogen-bond acceptors (Lipinski definition) is 6. The number of benzene rings is 1. The summed E-state index contributed by atoms with van der Waals surface area (Å²) < 4.78 is 10.4. The van der Waals surface area contributed by atoms with Crippen LogP contribution in [0.25, 0.3) is 0 Å². The molecule has 0 fully saturated rings. The van der Waals surface area contributed by atoms with Gasteiger partial charge >= 0.3 is 0 Å². The molecule has 3 aromatic rings. The van der Waals surface area contributed by atoms with Gasteiger partial charge in [-0.1, -0.05) is 29.8 Å². The summed E-state index contributed by atoms with van der Waals surface area (Å²) in [6.07, 6.45) is 2.01. The molecule has 7 nitrogen and oxygen atoms in total. The number of methoxy groups -OCH3 is 1. The third kappa shape index (κ3) is 4.93. The Hall–Kier alpha value is -2.94. The molecule has 32 heavy (non-hydrogen) atoms. The number of nitrogens with zero attached hydrogens (tertiary/aromatic N) is 3. The van der Waals surface area contributed by atoms with E-state index in [1.54, 1.807) is 42.7 Å². The fraction of sp³-hybridized carbons (Fsp3) is 0.261. The third-order valence-electron chi connectivity index (χ3n) is 5.14. The van der Waals surface area contributed by atoms with Crippen molar-refractivity contribution >= 4 is 40.5 Å². The molecular weight excluding hydrogens is 450 g/mol. The molecule has 1 atom stereocenters. The lowest BCUT2D eigenvalue weighted by atomic mass is 10.0. The Morgan fingerprint density at radius 3 is 2.72 bits per heavy atom. The summed E-state index contributed by atoms with van der Waals surface area (Å²) in [5, 5.41) is 8.74. The van der Waals surface area contributed by atoms with E-state index in [1.165, 1.54) is 16.2 Å². The number of furan rings is 1. The highest BCUT2D eigenvalue weighted by molar-refractivity contribution is 7.12. The van der Waals surface area contributed by atoms with Crippen LogP contribution in [0.5, 0.6) is 0 Å². The van der Waals surface area contributed by atoms with E-state index < -0.39 is 0 Å². The van der Waals surface area contributed by atoms with Crippen molar-refractivity contribution in [2.24, 2.45) is 5.10 Å². The molecule has 1 aliphatic rings. The van der Waals surface area contributed by atoms with Crippen LogP contribution < -0.4 is 0 Å². The van der Waals surface area contributed by atoms with Crippen LogP contribution in [0.2, 0.25) is 5.02 Å². The molecule has 1 aliphatic heterocycles. The normalized spacial score (nSPS) is 15.6. The fourth-order valence-corrected chi connectivity index (χ4v) is 4.37. The van der Waals surface area contributed by atoms with Crippen LogP contribution in [0, 0.1) is 0 Å². The Balaban J connectivity index is 1.59. The lowest BCUT2D eigenvalue weighted by Gasteiger charge is -2.26. The maximum Gasteiger partial charge on any atom is 0.290 e. The SMILES string of the molecule is COCCN(CC(=O)N1N=C(c2cccs2)C[C@H]1c1ccc(Cl)cc1)C(=O)c1ccco1. The van der Waals surface area contributed by atoms with Crippen molar-refractivity contribution in [2.75, 3.05) is 26.8 Å². The van der Waals surface area contributed by atoms with E-state index in [4.69, 9.17) is 20.8 Å². The molecule has 4 rings (SSSR count). The highest BCUT2D eigenvalue weighted by Crippen LogP contribution is 2.34. The molecule has 166 valence electrons. The van der Waals surface area contributed by atoms with Crippen LogP contribution in [0.1, 0.15) is 33.5 Å². The van der Waals surface area contributed by atoms with Gasteiger partial charge in [0.15, 0.2) is 5.76 Å². The Kier molecular flexibility index (Phi) is 7.04. The van der Waals surface area contributed by atoms with Crippen LogP contribution in [0.15, 0.2) is 69.7 Å². The number of ether oxygens (including phenoxy) is 1. The van der Waals surface area contributed by atoms with Crippen molar-refractivity contribution in [3.05, 3.63) is 81.4 Å². The predicted molar refractivity (Wildman–Crippen MR) is 123 cm³/mol. The van der Waals surface area contributed by atoms with Crippen molar-refractivity contribution < 1.29 is 18.7 Å². The summed E-state index contributed by atoms with van der Waals surface area (Å²) in [6, 6.07) is 14.3. The molecule has 0 N–H and O–H groups in total. The summed E-state index contributed by atoms with van der Waals surface area (Å²) in [6.45, 7) is 0.404. The minimum Gasteiger partial charge on any atom is -0.459 e. The zero-order valence-electron chi connectivity index (χ0n) is 17.4. The largest absolute Gasteiger partial charge is 0.459 e. The number of amides is 2. The Morgan fingerprint density at radius 1 is 1.25 bits per heavy atom. The molecule has 0 bridgehead atoms. The average Bonchev–Trinajstić information content (AvgIpc) is 3.57. The van der Waals surface area contributed by atoms with E-state index in [9.17, 15) is 9.59 Å². The molecule has 9 heteroatoms. The van der Waals surface area contributed by atoms with Gasteiger partial charge < -0.3 is 14.1 Å². The number of carbonyl (C=O) groups is 2. The maximum atomic E-state index is 13.4. The number of hydrazone groups is 1. The minimum absolute atomic E-state index is 0.145. The first-order valence-electron chi connectivity index (χ1n) is 10.1. The van der Waals surface area contributed by atoms with Gasteiger partial charge in [-0.15, -0.1) is 11.3 Å². The topological polar surface area (TPSA) is 75.3 Å². The highest BCUT2D eigenvalue weighted by Gasteiger charge is 2.35. The molecule has 1 aromatic carbocycles. The van der Waals surface area contributed by atoms with Gasteiger partial charge in [-0.3, -0.25) is 9.59 Å². The first kappa shape index (κ1) is 22.3. The molecule has 0 aliphatic carbocycles. The molecule has 0 unspecified atom stereocenters. The van der Waals surface area contributed by atoms with Crippen LogP contribution in [0.4, 0.5) is 0 Å². The van der Waals surface area contributed by atoms with Gasteiger partial charge in [0, 0.05) is 25.1 Å². The molecule has 3 heterocycles. The molecule has 0 saturated heterocycles. The molecule has 0 radical (unpaired) electrons. The van der Waals surface area contributed by atoms with Crippen molar-refractivity contribution in [2.45, 2.75) is 12.5 Å². The van der Waals surface area contributed by atoms with Gasteiger partial charge in [-0.2, -0.15) is 5.10 Å². The lowest BCUT2D eigenvalue weighted by molar-refractivity contribution is -0.133. The Bertz CT molecular complexity index is 1080. The number of thiophene rings is 1. The first-order chi connectivity index (χ1) is 15.6. The fourth-order valence-electron chi connectivity index (χ4n) is 3.52. The number of hydrogen-bond donors (Lipinski definition) is 0. The summed E-state index contributed by atoms with van der Waals surface area (Å²) in [4.78, 5) is 28.7. The summed E-state index contributed by atoms with van der Waals surface area (Å²) in [7, 11) is 1.55. The van der Waals surface area contributed by atoms with E-state index in [0.29, 0.717) is 18.1 Å². The minimum atomic E-state index is -0.370. The molecular formula is C23H22ClN3O4S. The van der Waals surface area contributed by atoms with Crippen molar-refractivity contribution in [3.63, 3.8) is 0 Å². The molecule has 2 aromatic heterocycles. The standard InChI is InChI=1S/C23H22ClN3O4S/c1-30-12-10-26(23(29)20-4-2-11-31-20)15-22(28)27-19(16-6-8-17(24)9-7-16)14-18(25-27)21-5-3-13-32-21/h2-9,11,13,19H,10,12,14-15H2,1H3/t19-/m0/s1. The van der Waals surface area contributed by atoms with Gasteiger partial charge in [0.1, 0.15) is 6.54 Å². The monoisotopic (exact) mass is 471 g/mol. The van der Waals surface area contributed by atoms with Crippen molar-refractivity contribution in [1.29, 1.82) is 0 Å². The quantitative estimate of drug-likeness (QED) is 0.486. The van der Waals surface area contributed by atoms with E-state index in [-0.39, 0.29) is 36.7 Å². The number of carbonyl (C=O) groups excluding carboxylic acids is 2. The lowest BCUT2D eigenvalue weighted by Crippen LogP contribution is -2.42. The second kappa shape index (κ2) is 10.1. The molecule has 2 amide bonds. The van der Waals surface area contributed by atoms with Crippen LogP contribution in [-0.2, 0) is 9.53 Å². The van der Waals surface area contributed by atoms with Gasteiger partial charge in [-0.25, -0.2) is 5.01 Å².